The fraction of sp³-hybridized carbons (Fsp3) is 0.357. The summed E-state index contributed by atoms with van der Waals surface area (Å²) in [7, 11) is 1.93. The number of nitrogens with zero attached hydrogens (tertiary/aromatic N) is 1. The van der Waals surface area contributed by atoms with E-state index in [0.717, 1.165) is 27.3 Å². The van der Waals surface area contributed by atoms with Crippen LogP contribution in [0.2, 0.25) is 0 Å². The van der Waals surface area contributed by atoms with Crippen LogP contribution in [-0.4, -0.2) is 12.0 Å². The lowest BCUT2D eigenvalue weighted by Crippen LogP contribution is -2.06. The van der Waals surface area contributed by atoms with Crippen LogP contribution in [-0.2, 0) is 6.54 Å². The van der Waals surface area contributed by atoms with Crippen molar-refractivity contribution in [2.75, 3.05) is 7.05 Å². The van der Waals surface area contributed by atoms with Crippen LogP contribution in [0.4, 0.5) is 4.39 Å². The van der Waals surface area contributed by atoms with Crippen LogP contribution in [0.15, 0.2) is 22.7 Å². The summed E-state index contributed by atoms with van der Waals surface area (Å²) >= 11 is 5.06. The number of rotatable bonds is 4. The van der Waals surface area contributed by atoms with E-state index >= 15 is 0 Å². The third kappa shape index (κ3) is 3.22. The van der Waals surface area contributed by atoms with Gasteiger partial charge in [0.2, 0.25) is 0 Å². The SMILES string of the molecule is CNCc1sc(-c2ccc(F)cc2Br)nc1C(C)C. The minimum absolute atomic E-state index is 0.244. The van der Waals surface area contributed by atoms with Gasteiger partial charge in [0.25, 0.3) is 0 Å². The van der Waals surface area contributed by atoms with Crippen LogP contribution in [0, 0.1) is 5.82 Å². The predicted octanol–water partition coefficient (Wildman–Crippen LogP) is 4.55. The average molecular weight is 343 g/mol. The minimum Gasteiger partial charge on any atom is -0.315 e. The lowest BCUT2D eigenvalue weighted by atomic mass is 10.1. The van der Waals surface area contributed by atoms with Crippen LogP contribution in [0.25, 0.3) is 10.6 Å². The van der Waals surface area contributed by atoms with Gasteiger partial charge in [0.15, 0.2) is 0 Å². The van der Waals surface area contributed by atoms with Crippen molar-refractivity contribution in [3.05, 3.63) is 39.1 Å². The van der Waals surface area contributed by atoms with Gasteiger partial charge < -0.3 is 5.32 Å². The van der Waals surface area contributed by atoms with Crippen LogP contribution >= 0.6 is 27.3 Å². The number of hydrogen-bond donors (Lipinski definition) is 1. The number of thiazole rings is 1. The molecule has 0 saturated heterocycles. The molecule has 1 aromatic carbocycles. The Hall–Kier alpha value is -0.780. The standard InChI is InChI=1S/C14H16BrFN2S/c1-8(2)13-12(7-17-3)19-14(18-13)10-5-4-9(16)6-11(10)15/h4-6,8,17H,7H2,1-3H3. The summed E-state index contributed by atoms with van der Waals surface area (Å²) in [4.78, 5) is 5.95. The molecule has 0 aliphatic heterocycles. The Morgan fingerprint density at radius 1 is 1.42 bits per heavy atom. The topological polar surface area (TPSA) is 24.9 Å². The summed E-state index contributed by atoms with van der Waals surface area (Å²) < 4.78 is 13.9. The van der Waals surface area contributed by atoms with Crippen molar-refractivity contribution in [3.8, 4) is 10.6 Å². The highest BCUT2D eigenvalue weighted by molar-refractivity contribution is 9.10. The van der Waals surface area contributed by atoms with Gasteiger partial charge in [0.05, 0.1) is 5.69 Å². The van der Waals surface area contributed by atoms with Gasteiger partial charge in [-0.3, -0.25) is 0 Å². The Morgan fingerprint density at radius 2 is 2.16 bits per heavy atom. The van der Waals surface area contributed by atoms with Crippen molar-refractivity contribution < 1.29 is 4.39 Å². The van der Waals surface area contributed by atoms with Gasteiger partial charge in [0.1, 0.15) is 10.8 Å². The van der Waals surface area contributed by atoms with Crippen molar-refractivity contribution in [1.82, 2.24) is 10.3 Å². The van der Waals surface area contributed by atoms with Crippen molar-refractivity contribution in [3.63, 3.8) is 0 Å². The molecule has 1 N–H and O–H groups in total. The Kier molecular flexibility index (Phi) is 4.71. The van der Waals surface area contributed by atoms with Crippen LogP contribution in [0.3, 0.4) is 0 Å². The zero-order chi connectivity index (χ0) is 14.0. The summed E-state index contributed by atoms with van der Waals surface area (Å²) in [6.45, 7) is 5.08. The number of nitrogens with one attached hydrogen (secondary N) is 1. The normalized spacial score (nSPS) is 11.3. The van der Waals surface area contributed by atoms with Gasteiger partial charge in [-0.15, -0.1) is 11.3 Å². The fourth-order valence-electron chi connectivity index (χ4n) is 1.88. The first-order valence-corrected chi connectivity index (χ1v) is 7.73. The second-order valence-electron chi connectivity index (χ2n) is 4.64. The highest BCUT2D eigenvalue weighted by Crippen LogP contribution is 2.35. The van der Waals surface area contributed by atoms with Gasteiger partial charge in [-0.25, -0.2) is 9.37 Å². The van der Waals surface area contributed by atoms with E-state index in [4.69, 9.17) is 4.98 Å². The molecule has 0 saturated carbocycles. The second kappa shape index (κ2) is 6.11. The first-order valence-electron chi connectivity index (χ1n) is 6.12. The first kappa shape index (κ1) is 14.6. The number of halogens is 2. The lowest BCUT2D eigenvalue weighted by molar-refractivity contribution is 0.627. The van der Waals surface area contributed by atoms with E-state index in [9.17, 15) is 4.39 Å². The van der Waals surface area contributed by atoms with Crippen molar-refractivity contribution in [1.29, 1.82) is 0 Å². The van der Waals surface area contributed by atoms with Crippen molar-refractivity contribution >= 4 is 27.3 Å². The van der Waals surface area contributed by atoms with Gasteiger partial charge in [-0.1, -0.05) is 13.8 Å². The molecule has 0 amide bonds. The van der Waals surface area contributed by atoms with E-state index in [1.54, 1.807) is 17.4 Å². The first-order chi connectivity index (χ1) is 9.02. The fourth-order valence-corrected chi connectivity index (χ4v) is 3.82. The van der Waals surface area contributed by atoms with Gasteiger partial charge in [0, 0.05) is 21.5 Å². The van der Waals surface area contributed by atoms with Crippen LogP contribution in [0.1, 0.15) is 30.3 Å². The summed E-state index contributed by atoms with van der Waals surface area (Å²) in [5, 5.41) is 4.10. The molecule has 0 fully saturated rings. The largest absolute Gasteiger partial charge is 0.315 e. The molecule has 0 radical (unpaired) electrons. The molecule has 0 spiro atoms. The van der Waals surface area contributed by atoms with E-state index in [2.05, 4.69) is 35.1 Å². The second-order valence-corrected chi connectivity index (χ2v) is 6.57. The molecule has 2 aromatic rings. The van der Waals surface area contributed by atoms with Crippen molar-refractivity contribution in [2.24, 2.45) is 0 Å². The van der Waals surface area contributed by atoms with E-state index < -0.39 is 0 Å². The Morgan fingerprint density at radius 3 is 2.74 bits per heavy atom. The Balaban J connectivity index is 2.47. The molecule has 5 heteroatoms. The summed E-state index contributed by atoms with van der Waals surface area (Å²) in [5.74, 6) is 0.138. The van der Waals surface area contributed by atoms with Gasteiger partial charge in [-0.05, 0) is 47.1 Å². The number of benzene rings is 1. The van der Waals surface area contributed by atoms with E-state index in [1.807, 2.05) is 7.05 Å². The Bertz CT molecular complexity index is 581. The summed E-state index contributed by atoms with van der Waals surface area (Å²) in [6, 6.07) is 4.71. The maximum Gasteiger partial charge on any atom is 0.125 e. The van der Waals surface area contributed by atoms with Gasteiger partial charge in [-0.2, -0.15) is 0 Å². The average Bonchev–Trinajstić information content (AvgIpc) is 2.73. The minimum atomic E-state index is -0.244. The third-order valence-electron chi connectivity index (χ3n) is 2.77. The monoisotopic (exact) mass is 342 g/mol. The molecule has 19 heavy (non-hydrogen) atoms. The molecule has 1 heterocycles. The van der Waals surface area contributed by atoms with Crippen molar-refractivity contribution in [2.45, 2.75) is 26.3 Å². The molecule has 102 valence electrons. The van der Waals surface area contributed by atoms with Crippen LogP contribution < -0.4 is 5.32 Å². The maximum atomic E-state index is 13.1. The Labute approximate surface area is 125 Å². The zero-order valence-electron chi connectivity index (χ0n) is 11.1. The molecule has 0 atom stereocenters. The van der Waals surface area contributed by atoms with E-state index in [0.29, 0.717) is 5.92 Å². The molecular weight excluding hydrogens is 327 g/mol. The molecule has 0 bridgehead atoms. The van der Waals surface area contributed by atoms with Crippen LogP contribution in [0.5, 0.6) is 0 Å². The zero-order valence-corrected chi connectivity index (χ0v) is 13.5. The van der Waals surface area contributed by atoms with Gasteiger partial charge >= 0.3 is 0 Å². The highest BCUT2D eigenvalue weighted by atomic mass is 79.9. The third-order valence-corrected chi connectivity index (χ3v) is 4.53. The van der Waals surface area contributed by atoms with E-state index in [-0.39, 0.29) is 5.82 Å². The quantitative estimate of drug-likeness (QED) is 0.881. The molecule has 2 nitrogen and oxygen atoms in total. The summed E-state index contributed by atoms with van der Waals surface area (Å²) in [5.41, 5.74) is 2.06. The molecule has 0 unspecified atom stereocenters. The summed E-state index contributed by atoms with van der Waals surface area (Å²) in [6.07, 6.45) is 0. The maximum absolute atomic E-state index is 13.1. The molecule has 2 rings (SSSR count). The molecule has 0 aliphatic rings. The molecular formula is C14H16BrFN2S. The smallest absolute Gasteiger partial charge is 0.125 e. The highest BCUT2D eigenvalue weighted by Gasteiger charge is 2.16. The lowest BCUT2D eigenvalue weighted by Gasteiger charge is -2.03. The number of hydrogen-bond acceptors (Lipinski definition) is 3. The molecule has 0 aliphatic carbocycles. The van der Waals surface area contributed by atoms with E-state index in [1.165, 1.54) is 17.0 Å². The predicted molar refractivity (Wildman–Crippen MR) is 82.1 cm³/mol. The number of aromatic nitrogens is 1. The molecule has 1 aromatic heterocycles.